The Balaban J connectivity index is 0.00000196. The van der Waals surface area contributed by atoms with Crippen LogP contribution in [0.1, 0.15) is 35.8 Å². The molecule has 1 saturated carbocycles. The molecule has 26 heavy (non-hydrogen) atoms. The van der Waals surface area contributed by atoms with Gasteiger partial charge >= 0.3 is 0 Å². The van der Waals surface area contributed by atoms with Gasteiger partial charge in [0, 0.05) is 11.7 Å². The fraction of sp³-hybridized carbons (Fsp3) is 0.300. The van der Waals surface area contributed by atoms with E-state index in [0.717, 1.165) is 17.0 Å². The second kappa shape index (κ2) is 7.65. The van der Waals surface area contributed by atoms with Crippen LogP contribution in [0.2, 0.25) is 0 Å². The normalized spacial score (nSPS) is 14.3. The summed E-state index contributed by atoms with van der Waals surface area (Å²) < 4.78 is 2.32. The Hall–Kier alpha value is -2.09. The lowest BCUT2D eigenvalue weighted by Gasteiger charge is -2.09. The molecule has 6 heteroatoms. The molecule has 3 aromatic rings. The number of aromatic nitrogens is 2. The average Bonchev–Trinajstić information content (AvgIpc) is 3.36. The molecule has 0 radical (unpaired) electrons. The molecule has 1 heterocycles. The number of hydrogen-bond donors (Lipinski definition) is 2. The van der Waals surface area contributed by atoms with Crippen LogP contribution in [0, 0.1) is 13.8 Å². The van der Waals surface area contributed by atoms with Gasteiger partial charge in [-0.25, -0.2) is 9.98 Å². The van der Waals surface area contributed by atoms with Crippen molar-refractivity contribution in [3.63, 3.8) is 0 Å². The van der Waals surface area contributed by atoms with Crippen LogP contribution in [0.25, 0.3) is 11.0 Å². The van der Waals surface area contributed by atoms with Crippen molar-refractivity contribution in [2.75, 3.05) is 5.32 Å². The first-order chi connectivity index (χ1) is 12.1. The smallest absolute Gasteiger partial charge is 0.193 e. The van der Waals surface area contributed by atoms with E-state index in [4.69, 9.17) is 10.7 Å². The lowest BCUT2D eigenvalue weighted by Crippen LogP contribution is -2.23. The Morgan fingerprint density at radius 2 is 1.96 bits per heavy atom. The molecule has 0 atom stereocenters. The first-order valence-corrected chi connectivity index (χ1v) is 8.72. The second-order valence-electron chi connectivity index (χ2n) is 6.74. The van der Waals surface area contributed by atoms with Crippen molar-refractivity contribution in [1.29, 1.82) is 0 Å². The quantitative estimate of drug-likeness (QED) is 0.341. The average molecular weight is 461 g/mol. The summed E-state index contributed by atoms with van der Waals surface area (Å²) in [7, 11) is 0. The number of nitrogens with two attached hydrogens (primary N) is 1. The van der Waals surface area contributed by atoms with Gasteiger partial charge in [0.2, 0.25) is 0 Å². The van der Waals surface area contributed by atoms with E-state index < -0.39 is 0 Å². The van der Waals surface area contributed by atoms with Crippen LogP contribution in [-0.4, -0.2) is 15.5 Å². The number of nitrogens with one attached hydrogen (secondary N) is 1. The molecule has 5 nitrogen and oxygen atoms in total. The summed E-state index contributed by atoms with van der Waals surface area (Å²) in [4.78, 5) is 9.26. The third-order valence-corrected chi connectivity index (χ3v) is 4.75. The van der Waals surface area contributed by atoms with E-state index >= 15 is 0 Å². The first-order valence-electron chi connectivity index (χ1n) is 8.72. The maximum atomic E-state index is 6.08. The molecular formula is C20H24IN5. The van der Waals surface area contributed by atoms with Gasteiger partial charge in [0.1, 0.15) is 12.4 Å². The van der Waals surface area contributed by atoms with Crippen molar-refractivity contribution in [3.8, 4) is 0 Å². The van der Waals surface area contributed by atoms with Crippen LogP contribution >= 0.6 is 24.0 Å². The van der Waals surface area contributed by atoms with Crippen molar-refractivity contribution in [2.45, 2.75) is 39.3 Å². The van der Waals surface area contributed by atoms with Crippen LogP contribution in [-0.2, 0) is 6.54 Å². The Morgan fingerprint density at radius 3 is 2.69 bits per heavy atom. The van der Waals surface area contributed by atoms with Gasteiger partial charge in [0.25, 0.3) is 0 Å². The molecule has 1 aliphatic rings. The zero-order valence-electron chi connectivity index (χ0n) is 15.1. The molecule has 4 rings (SSSR count). The number of nitrogens with zero attached hydrogens (tertiary/aromatic N) is 3. The Bertz CT molecular complexity index is 956. The van der Waals surface area contributed by atoms with E-state index in [0.29, 0.717) is 18.5 Å². The number of hydrogen-bond acceptors (Lipinski definition) is 2. The van der Waals surface area contributed by atoms with E-state index in [1.807, 2.05) is 12.1 Å². The third-order valence-electron chi connectivity index (χ3n) is 4.75. The van der Waals surface area contributed by atoms with Gasteiger partial charge in [-0.15, -0.1) is 24.0 Å². The molecule has 2 aromatic carbocycles. The number of anilines is 1. The predicted molar refractivity (Wildman–Crippen MR) is 118 cm³/mol. The van der Waals surface area contributed by atoms with Gasteiger partial charge in [-0.2, -0.15) is 0 Å². The highest BCUT2D eigenvalue weighted by Gasteiger charge is 2.27. The molecule has 1 fully saturated rings. The topological polar surface area (TPSA) is 68.2 Å². The summed E-state index contributed by atoms with van der Waals surface area (Å²) in [5, 5.41) is 3.17. The maximum absolute atomic E-state index is 6.08. The number of para-hydroxylation sites is 2. The minimum atomic E-state index is 0. The molecule has 0 unspecified atom stereocenters. The lowest BCUT2D eigenvalue weighted by atomic mass is 10.1. The summed E-state index contributed by atoms with van der Waals surface area (Å²) >= 11 is 0. The van der Waals surface area contributed by atoms with Crippen LogP contribution in [0.5, 0.6) is 0 Å². The highest BCUT2D eigenvalue weighted by Crippen LogP contribution is 2.38. The Morgan fingerprint density at radius 1 is 1.19 bits per heavy atom. The third kappa shape index (κ3) is 3.85. The molecule has 0 aliphatic heterocycles. The van der Waals surface area contributed by atoms with E-state index in [1.54, 1.807) is 0 Å². The molecule has 1 aromatic heterocycles. The number of aliphatic imine (C=N–C) groups is 1. The number of rotatable bonds is 4. The van der Waals surface area contributed by atoms with E-state index in [9.17, 15) is 0 Å². The van der Waals surface area contributed by atoms with E-state index in [2.05, 4.69) is 59.1 Å². The minimum absolute atomic E-state index is 0. The van der Waals surface area contributed by atoms with Gasteiger partial charge in [-0.3, -0.25) is 0 Å². The number of fused-ring (bicyclic) bond motifs is 1. The summed E-state index contributed by atoms with van der Waals surface area (Å²) in [5.74, 6) is 1.39. The van der Waals surface area contributed by atoms with Crippen molar-refractivity contribution >= 4 is 46.7 Å². The molecular weight excluding hydrogens is 437 g/mol. The maximum Gasteiger partial charge on any atom is 0.193 e. The zero-order chi connectivity index (χ0) is 17.4. The lowest BCUT2D eigenvalue weighted by molar-refractivity contribution is 0.702. The van der Waals surface area contributed by atoms with Crippen LogP contribution in [0.4, 0.5) is 5.69 Å². The van der Waals surface area contributed by atoms with Gasteiger partial charge in [-0.05, 0) is 62.1 Å². The fourth-order valence-corrected chi connectivity index (χ4v) is 3.11. The van der Waals surface area contributed by atoms with Crippen molar-refractivity contribution < 1.29 is 0 Å². The molecule has 0 amide bonds. The largest absolute Gasteiger partial charge is 0.370 e. The summed E-state index contributed by atoms with van der Waals surface area (Å²) in [5.41, 5.74) is 11.7. The van der Waals surface area contributed by atoms with Gasteiger partial charge in [-0.1, -0.05) is 18.2 Å². The van der Waals surface area contributed by atoms with Gasteiger partial charge in [0.05, 0.1) is 11.0 Å². The van der Waals surface area contributed by atoms with Gasteiger partial charge < -0.3 is 15.6 Å². The molecule has 0 spiro atoms. The molecule has 0 bridgehead atoms. The number of halogens is 1. The minimum Gasteiger partial charge on any atom is -0.370 e. The fourth-order valence-electron chi connectivity index (χ4n) is 3.11. The van der Waals surface area contributed by atoms with Gasteiger partial charge in [0.15, 0.2) is 5.96 Å². The predicted octanol–water partition coefficient (Wildman–Crippen LogP) is 4.53. The number of aryl methyl sites for hydroxylation is 2. The highest BCUT2D eigenvalue weighted by atomic mass is 127. The van der Waals surface area contributed by atoms with Crippen molar-refractivity contribution in [2.24, 2.45) is 10.7 Å². The van der Waals surface area contributed by atoms with Crippen LogP contribution < -0.4 is 11.1 Å². The van der Waals surface area contributed by atoms with Crippen LogP contribution in [0.3, 0.4) is 0 Å². The summed E-state index contributed by atoms with van der Waals surface area (Å²) in [6, 6.07) is 15.0. The Kier molecular flexibility index (Phi) is 5.50. The van der Waals surface area contributed by atoms with E-state index in [1.165, 1.54) is 29.5 Å². The zero-order valence-corrected chi connectivity index (χ0v) is 17.4. The number of guanidine groups is 1. The van der Waals surface area contributed by atoms with Crippen LogP contribution in [0.15, 0.2) is 47.5 Å². The Labute approximate surface area is 170 Å². The highest BCUT2D eigenvalue weighted by molar-refractivity contribution is 14.0. The number of benzene rings is 2. The summed E-state index contributed by atoms with van der Waals surface area (Å²) in [6.07, 6.45) is 2.43. The second-order valence-corrected chi connectivity index (χ2v) is 6.74. The molecule has 3 N–H and O–H groups in total. The monoisotopic (exact) mass is 461 g/mol. The molecule has 1 aliphatic carbocycles. The van der Waals surface area contributed by atoms with Crippen molar-refractivity contribution in [1.82, 2.24) is 9.55 Å². The number of imidazole rings is 1. The van der Waals surface area contributed by atoms with E-state index in [-0.39, 0.29) is 24.0 Å². The molecule has 136 valence electrons. The van der Waals surface area contributed by atoms with Crippen molar-refractivity contribution in [3.05, 3.63) is 59.4 Å². The standard InChI is InChI=1S/C20H23N5.HI/c1-13-7-8-15(11-14(13)2)23-20(21)22-12-19-24-17-5-3-4-6-18(17)25(19)16-9-10-16;/h3-8,11,16H,9-10,12H2,1-2H3,(H3,21,22,23);1H. The SMILES string of the molecule is Cc1ccc(NC(N)=NCc2nc3ccccc3n2C2CC2)cc1C.I. The summed E-state index contributed by atoms with van der Waals surface area (Å²) in [6.45, 7) is 4.67. The first kappa shape index (κ1) is 18.7. The molecule has 0 saturated heterocycles.